The molecular weight excluding hydrogens is 249 g/mol. The van der Waals surface area contributed by atoms with Gasteiger partial charge in [0, 0.05) is 17.1 Å². The van der Waals surface area contributed by atoms with Crippen molar-refractivity contribution in [1.82, 2.24) is 9.78 Å². The summed E-state index contributed by atoms with van der Waals surface area (Å²) in [6.45, 7) is 0. The van der Waals surface area contributed by atoms with Crippen LogP contribution in [0.15, 0.2) is 24.4 Å². The number of ether oxygens (including phenoxy) is 1. The number of nitrogens with zero attached hydrogens (tertiary/aromatic N) is 2. The second-order valence-corrected chi connectivity index (χ2v) is 4.14. The fourth-order valence-electron chi connectivity index (χ4n) is 1.26. The van der Waals surface area contributed by atoms with E-state index in [1.807, 2.05) is 0 Å². The summed E-state index contributed by atoms with van der Waals surface area (Å²) in [7, 11) is 1.76. The van der Waals surface area contributed by atoms with Gasteiger partial charge in [0.15, 0.2) is 0 Å². The number of anilines is 1. The van der Waals surface area contributed by atoms with Gasteiger partial charge in [-0.1, -0.05) is 23.2 Å². The van der Waals surface area contributed by atoms with Gasteiger partial charge < -0.3 is 10.5 Å². The molecule has 0 amide bonds. The van der Waals surface area contributed by atoms with Crippen molar-refractivity contribution < 1.29 is 4.74 Å². The standard InChI is InChI=1S/C10H9Cl2N3O/c1-15-5-9(13)10(14-15)16-8-3-6(11)2-7(12)4-8/h2-5H,13H2,1H3. The monoisotopic (exact) mass is 257 g/mol. The molecule has 2 aromatic rings. The Balaban J connectivity index is 2.30. The highest BCUT2D eigenvalue weighted by molar-refractivity contribution is 6.34. The van der Waals surface area contributed by atoms with E-state index in [1.165, 1.54) is 0 Å². The number of hydrogen-bond donors (Lipinski definition) is 1. The molecule has 0 saturated carbocycles. The summed E-state index contributed by atoms with van der Waals surface area (Å²) < 4.78 is 7.03. The zero-order valence-corrected chi connectivity index (χ0v) is 9.96. The largest absolute Gasteiger partial charge is 0.436 e. The van der Waals surface area contributed by atoms with Crippen molar-refractivity contribution in [3.8, 4) is 11.6 Å². The molecular formula is C10H9Cl2N3O. The van der Waals surface area contributed by atoms with E-state index < -0.39 is 0 Å². The average molecular weight is 258 g/mol. The minimum absolute atomic E-state index is 0.334. The maximum absolute atomic E-state index is 5.84. The summed E-state index contributed by atoms with van der Waals surface area (Å²) in [5, 5.41) is 5.04. The van der Waals surface area contributed by atoms with E-state index in [2.05, 4.69) is 5.10 Å². The van der Waals surface area contributed by atoms with Crippen molar-refractivity contribution in [3.05, 3.63) is 34.4 Å². The number of aromatic nitrogens is 2. The van der Waals surface area contributed by atoms with Crippen molar-refractivity contribution in [2.75, 3.05) is 5.73 Å². The SMILES string of the molecule is Cn1cc(N)c(Oc2cc(Cl)cc(Cl)c2)n1. The highest BCUT2D eigenvalue weighted by atomic mass is 35.5. The van der Waals surface area contributed by atoms with E-state index >= 15 is 0 Å². The minimum Gasteiger partial charge on any atom is -0.436 e. The topological polar surface area (TPSA) is 53.1 Å². The molecule has 0 aliphatic carbocycles. The molecule has 1 heterocycles. The van der Waals surface area contributed by atoms with Gasteiger partial charge in [-0.05, 0) is 18.2 Å². The Morgan fingerprint density at radius 2 is 1.88 bits per heavy atom. The zero-order valence-electron chi connectivity index (χ0n) is 8.45. The van der Waals surface area contributed by atoms with Crippen LogP contribution in [0.2, 0.25) is 10.0 Å². The first-order valence-corrected chi connectivity index (χ1v) is 5.23. The molecule has 16 heavy (non-hydrogen) atoms. The first-order chi connectivity index (χ1) is 7.54. The third kappa shape index (κ3) is 2.40. The van der Waals surface area contributed by atoms with Gasteiger partial charge in [0.1, 0.15) is 11.4 Å². The predicted molar refractivity (Wildman–Crippen MR) is 64.2 cm³/mol. The maximum atomic E-state index is 5.84. The summed E-state index contributed by atoms with van der Waals surface area (Å²) in [5.74, 6) is 0.837. The Kier molecular flexibility index (Phi) is 2.94. The molecule has 2 N–H and O–H groups in total. The number of nitrogen functional groups attached to an aromatic ring is 1. The fourth-order valence-corrected chi connectivity index (χ4v) is 1.77. The molecule has 0 aliphatic rings. The zero-order chi connectivity index (χ0) is 11.7. The van der Waals surface area contributed by atoms with Gasteiger partial charge in [-0.15, -0.1) is 5.10 Å². The normalized spacial score (nSPS) is 10.4. The molecule has 0 aliphatic heterocycles. The van der Waals surface area contributed by atoms with Crippen LogP contribution in [0.1, 0.15) is 0 Å². The summed E-state index contributed by atoms with van der Waals surface area (Å²) in [5.41, 5.74) is 6.15. The molecule has 2 rings (SSSR count). The van der Waals surface area contributed by atoms with Crippen molar-refractivity contribution >= 4 is 28.9 Å². The second-order valence-electron chi connectivity index (χ2n) is 3.27. The number of halogens is 2. The summed E-state index contributed by atoms with van der Waals surface area (Å²) >= 11 is 11.7. The predicted octanol–water partition coefficient (Wildman–Crippen LogP) is 3.10. The van der Waals surface area contributed by atoms with Gasteiger partial charge >= 0.3 is 0 Å². The lowest BCUT2D eigenvalue weighted by molar-refractivity contribution is 0.456. The van der Waals surface area contributed by atoms with Crippen LogP contribution in [0.5, 0.6) is 11.6 Å². The summed E-state index contributed by atoms with van der Waals surface area (Å²) in [4.78, 5) is 0. The molecule has 84 valence electrons. The molecule has 0 unspecified atom stereocenters. The lowest BCUT2D eigenvalue weighted by Gasteiger charge is -2.04. The lowest BCUT2D eigenvalue weighted by atomic mass is 10.3. The number of nitrogens with two attached hydrogens (primary N) is 1. The van der Waals surface area contributed by atoms with Crippen LogP contribution in [0.3, 0.4) is 0 Å². The highest BCUT2D eigenvalue weighted by Gasteiger charge is 2.07. The molecule has 0 spiro atoms. The van der Waals surface area contributed by atoms with Crippen LogP contribution >= 0.6 is 23.2 Å². The van der Waals surface area contributed by atoms with E-state index in [0.29, 0.717) is 27.4 Å². The van der Waals surface area contributed by atoms with E-state index in [-0.39, 0.29) is 0 Å². The number of aryl methyl sites for hydroxylation is 1. The highest BCUT2D eigenvalue weighted by Crippen LogP contribution is 2.29. The smallest absolute Gasteiger partial charge is 0.261 e. The molecule has 0 atom stereocenters. The average Bonchev–Trinajstić information content (AvgIpc) is 2.43. The van der Waals surface area contributed by atoms with Gasteiger partial charge in [0.05, 0.1) is 6.20 Å². The molecule has 0 radical (unpaired) electrons. The minimum atomic E-state index is 0.334. The summed E-state index contributed by atoms with van der Waals surface area (Å²) in [6, 6.07) is 4.90. The van der Waals surface area contributed by atoms with Crippen LogP contribution in [-0.2, 0) is 7.05 Å². The third-order valence-corrected chi connectivity index (χ3v) is 2.31. The summed E-state index contributed by atoms with van der Waals surface area (Å²) in [6.07, 6.45) is 1.65. The van der Waals surface area contributed by atoms with E-state index in [0.717, 1.165) is 0 Å². The molecule has 0 fully saturated rings. The first kappa shape index (κ1) is 11.1. The second kappa shape index (κ2) is 4.23. The number of rotatable bonds is 2. The van der Waals surface area contributed by atoms with Gasteiger partial charge in [-0.3, -0.25) is 4.68 Å². The van der Waals surface area contributed by atoms with Crippen LogP contribution in [0.25, 0.3) is 0 Å². The maximum Gasteiger partial charge on any atom is 0.261 e. The molecule has 0 bridgehead atoms. The number of hydrogen-bond acceptors (Lipinski definition) is 3. The van der Waals surface area contributed by atoms with Crippen LogP contribution in [0.4, 0.5) is 5.69 Å². The first-order valence-electron chi connectivity index (χ1n) is 4.47. The van der Waals surface area contributed by atoms with E-state index in [1.54, 1.807) is 36.1 Å². The molecule has 1 aromatic heterocycles. The van der Waals surface area contributed by atoms with Crippen LogP contribution in [0, 0.1) is 0 Å². The molecule has 4 nitrogen and oxygen atoms in total. The van der Waals surface area contributed by atoms with Crippen molar-refractivity contribution in [2.24, 2.45) is 7.05 Å². The van der Waals surface area contributed by atoms with Crippen molar-refractivity contribution in [1.29, 1.82) is 0 Å². The lowest BCUT2D eigenvalue weighted by Crippen LogP contribution is -1.91. The third-order valence-electron chi connectivity index (χ3n) is 1.87. The van der Waals surface area contributed by atoms with E-state index in [4.69, 9.17) is 33.7 Å². The Morgan fingerprint density at radius 3 is 2.38 bits per heavy atom. The Labute approximate surface area is 103 Å². The number of benzene rings is 1. The van der Waals surface area contributed by atoms with Crippen LogP contribution in [-0.4, -0.2) is 9.78 Å². The van der Waals surface area contributed by atoms with Gasteiger partial charge in [-0.2, -0.15) is 0 Å². The Hall–Kier alpha value is -1.39. The van der Waals surface area contributed by atoms with Gasteiger partial charge in [-0.25, -0.2) is 0 Å². The molecule has 0 saturated heterocycles. The Bertz CT molecular complexity index is 505. The Morgan fingerprint density at radius 1 is 1.25 bits per heavy atom. The fraction of sp³-hybridized carbons (Fsp3) is 0.100. The van der Waals surface area contributed by atoms with Crippen molar-refractivity contribution in [2.45, 2.75) is 0 Å². The van der Waals surface area contributed by atoms with E-state index in [9.17, 15) is 0 Å². The quantitative estimate of drug-likeness (QED) is 0.900. The van der Waals surface area contributed by atoms with Crippen LogP contribution < -0.4 is 10.5 Å². The van der Waals surface area contributed by atoms with Gasteiger partial charge in [0.25, 0.3) is 5.88 Å². The van der Waals surface area contributed by atoms with Crippen molar-refractivity contribution in [3.63, 3.8) is 0 Å². The van der Waals surface area contributed by atoms with Gasteiger partial charge in [0.2, 0.25) is 0 Å². The molecule has 1 aromatic carbocycles. The molecule has 6 heteroatoms.